The summed E-state index contributed by atoms with van der Waals surface area (Å²) in [6.07, 6.45) is 1.03. The summed E-state index contributed by atoms with van der Waals surface area (Å²) in [5.41, 5.74) is 1.06. The SMILES string of the molecule is CCC(C)(NCc1cc2ccccc2s1)c1nc(C)cs1. The molecule has 0 spiro atoms. The Hall–Kier alpha value is -1.23. The third kappa shape index (κ3) is 3.03. The van der Waals surface area contributed by atoms with Crippen LogP contribution in [0, 0.1) is 6.92 Å². The van der Waals surface area contributed by atoms with Gasteiger partial charge in [0.25, 0.3) is 0 Å². The van der Waals surface area contributed by atoms with Crippen LogP contribution in [0.25, 0.3) is 10.1 Å². The fraction of sp³-hybridized carbons (Fsp3) is 0.353. The predicted molar refractivity (Wildman–Crippen MR) is 93.2 cm³/mol. The molecule has 2 nitrogen and oxygen atoms in total. The Morgan fingerprint density at radius 2 is 2.10 bits per heavy atom. The number of thiophene rings is 1. The summed E-state index contributed by atoms with van der Waals surface area (Å²) in [4.78, 5) is 6.05. The lowest BCUT2D eigenvalue weighted by Crippen LogP contribution is -2.38. The number of hydrogen-bond acceptors (Lipinski definition) is 4. The largest absolute Gasteiger partial charge is 0.301 e. The predicted octanol–water partition coefficient (Wildman–Crippen LogP) is 5.08. The van der Waals surface area contributed by atoms with E-state index in [1.54, 1.807) is 11.3 Å². The molecule has 0 aliphatic rings. The number of nitrogens with zero attached hydrogens (tertiary/aromatic N) is 1. The number of nitrogens with one attached hydrogen (secondary N) is 1. The molecule has 0 fully saturated rings. The third-order valence-corrected chi connectivity index (χ3v) is 6.27. The first kappa shape index (κ1) is 14.7. The summed E-state index contributed by atoms with van der Waals surface area (Å²) in [6, 6.07) is 10.9. The van der Waals surface area contributed by atoms with Crippen molar-refractivity contribution in [1.29, 1.82) is 0 Å². The lowest BCUT2D eigenvalue weighted by Gasteiger charge is -2.27. The lowest BCUT2D eigenvalue weighted by molar-refractivity contribution is 0.350. The van der Waals surface area contributed by atoms with E-state index in [0.717, 1.165) is 18.7 Å². The maximum Gasteiger partial charge on any atom is 0.113 e. The molecule has 2 heterocycles. The van der Waals surface area contributed by atoms with Crippen molar-refractivity contribution in [2.45, 2.75) is 39.3 Å². The van der Waals surface area contributed by atoms with Gasteiger partial charge in [0.1, 0.15) is 5.01 Å². The van der Waals surface area contributed by atoms with E-state index in [-0.39, 0.29) is 5.54 Å². The van der Waals surface area contributed by atoms with Crippen molar-refractivity contribution in [3.05, 3.63) is 51.3 Å². The van der Waals surface area contributed by atoms with Gasteiger partial charge in [-0.25, -0.2) is 4.98 Å². The van der Waals surface area contributed by atoms with Gasteiger partial charge in [-0.3, -0.25) is 0 Å². The second kappa shape index (κ2) is 5.87. The lowest BCUT2D eigenvalue weighted by atomic mass is 10.00. The molecular formula is C17H20N2S2. The molecule has 0 amide bonds. The van der Waals surface area contributed by atoms with E-state index in [0.29, 0.717) is 0 Å². The number of benzene rings is 1. The van der Waals surface area contributed by atoms with Gasteiger partial charge in [-0.2, -0.15) is 0 Å². The van der Waals surface area contributed by atoms with Gasteiger partial charge in [-0.05, 0) is 37.8 Å². The van der Waals surface area contributed by atoms with Gasteiger partial charge in [0.05, 0.1) is 5.54 Å². The minimum Gasteiger partial charge on any atom is -0.301 e. The Balaban J connectivity index is 1.78. The van der Waals surface area contributed by atoms with Gasteiger partial charge in [-0.1, -0.05) is 25.1 Å². The van der Waals surface area contributed by atoms with Crippen LogP contribution in [-0.4, -0.2) is 4.98 Å². The number of rotatable bonds is 5. The van der Waals surface area contributed by atoms with Gasteiger partial charge < -0.3 is 5.32 Å². The van der Waals surface area contributed by atoms with Gasteiger partial charge in [0.2, 0.25) is 0 Å². The second-order valence-corrected chi connectivity index (χ2v) is 7.61. The highest BCUT2D eigenvalue weighted by atomic mass is 32.1. The van der Waals surface area contributed by atoms with Crippen LogP contribution < -0.4 is 5.32 Å². The van der Waals surface area contributed by atoms with Crippen LogP contribution >= 0.6 is 22.7 Å². The molecule has 0 aliphatic carbocycles. The minimum absolute atomic E-state index is 0.0465. The molecule has 1 atom stereocenters. The molecule has 1 unspecified atom stereocenters. The molecule has 0 saturated carbocycles. The molecular weight excluding hydrogens is 296 g/mol. The Labute approximate surface area is 133 Å². The Kier molecular flexibility index (Phi) is 4.11. The molecule has 1 N–H and O–H groups in total. The van der Waals surface area contributed by atoms with E-state index in [4.69, 9.17) is 0 Å². The molecule has 21 heavy (non-hydrogen) atoms. The van der Waals surface area contributed by atoms with Crippen molar-refractivity contribution in [2.24, 2.45) is 0 Å². The summed E-state index contributed by atoms with van der Waals surface area (Å²) >= 11 is 3.62. The fourth-order valence-electron chi connectivity index (χ4n) is 2.37. The second-order valence-electron chi connectivity index (χ2n) is 5.58. The molecule has 0 radical (unpaired) electrons. The van der Waals surface area contributed by atoms with E-state index in [1.165, 1.54) is 20.0 Å². The van der Waals surface area contributed by atoms with E-state index in [1.807, 2.05) is 11.3 Å². The molecule has 0 aliphatic heterocycles. The first-order chi connectivity index (χ1) is 10.1. The van der Waals surface area contributed by atoms with Crippen LogP contribution in [0.5, 0.6) is 0 Å². The zero-order valence-electron chi connectivity index (χ0n) is 12.6. The normalized spacial score (nSPS) is 14.4. The smallest absolute Gasteiger partial charge is 0.113 e. The van der Waals surface area contributed by atoms with Gasteiger partial charge >= 0.3 is 0 Å². The van der Waals surface area contributed by atoms with E-state index < -0.39 is 0 Å². The maximum atomic E-state index is 4.67. The first-order valence-corrected chi connectivity index (χ1v) is 8.95. The van der Waals surface area contributed by atoms with Crippen molar-refractivity contribution < 1.29 is 0 Å². The van der Waals surface area contributed by atoms with Crippen molar-refractivity contribution in [3.8, 4) is 0 Å². The zero-order chi connectivity index (χ0) is 14.9. The Morgan fingerprint density at radius 1 is 1.29 bits per heavy atom. The quantitative estimate of drug-likeness (QED) is 0.710. The fourth-order valence-corrected chi connectivity index (χ4v) is 4.38. The number of hydrogen-bond donors (Lipinski definition) is 1. The highest BCUT2D eigenvalue weighted by Gasteiger charge is 2.27. The van der Waals surface area contributed by atoms with Crippen LogP contribution in [0.2, 0.25) is 0 Å². The van der Waals surface area contributed by atoms with Crippen LogP contribution in [0.1, 0.15) is 35.8 Å². The molecule has 0 saturated heterocycles. The van der Waals surface area contributed by atoms with Crippen molar-refractivity contribution in [3.63, 3.8) is 0 Å². The van der Waals surface area contributed by atoms with Gasteiger partial charge in [0.15, 0.2) is 0 Å². The standard InChI is InChI=1S/C17H20N2S2/c1-4-17(3,16-19-12(2)11-20-16)18-10-14-9-13-7-5-6-8-15(13)21-14/h5-9,11,18H,4,10H2,1-3H3. The van der Waals surface area contributed by atoms with Crippen molar-refractivity contribution in [2.75, 3.05) is 0 Å². The molecule has 0 bridgehead atoms. The third-order valence-electron chi connectivity index (χ3n) is 3.93. The highest BCUT2D eigenvalue weighted by Crippen LogP contribution is 2.30. The zero-order valence-corrected chi connectivity index (χ0v) is 14.3. The van der Waals surface area contributed by atoms with Crippen LogP contribution in [-0.2, 0) is 12.1 Å². The summed E-state index contributed by atoms with van der Waals surface area (Å²) < 4.78 is 1.36. The average molecular weight is 316 g/mol. The van der Waals surface area contributed by atoms with Gasteiger partial charge in [0, 0.05) is 27.2 Å². The number of aryl methyl sites for hydroxylation is 1. The molecule has 3 aromatic rings. The minimum atomic E-state index is -0.0465. The van der Waals surface area contributed by atoms with Crippen LogP contribution in [0.3, 0.4) is 0 Å². The topological polar surface area (TPSA) is 24.9 Å². The first-order valence-electron chi connectivity index (χ1n) is 7.26. The van der Waals surface area contributed by atoms with Crippen molar-refractivity contribution in [1.82, 2.24) is 10.3 Å². The molecule has 4 heteroatoms. The van der Waals surface area contributed by atoms with E-state index in [9.17, 15) is 0 Å². The maximum absolute atomic E-state index is 4.67. The highest BCUT2D eigenvalue weighted by molar-refractivity contribution is 7.19. The summed E-state index contributed by atoms with van der Waals surface area (Å²) in [5.74, 6) is 0. The molecule has 110 valence electrons. The average Bonchev–Trinajstić information content (AvgIpc) is 3.10. The molecule has 3 rings (SSSR count). The summed E-state index contributed by atoms with van der Waals surface area (Å²) in [6.45, 7) is 7.41. The molecule has 2 aromatic heterocycles. The number of aromatic nitrogens is 1. The Morgan fingerprint density at radius 3 is 2.76 bits per heavy atom. The molecule has 1 aromatic carbocycles. The number of fused-ring (bicyclic) bond motifs is 1. The number of thiazole rings is 1. The summed E-state index contributed by atoms with van der Waals surface area (Å²) in [5, 5.41) is 8.36. The Bertz CT molecular complexity index is 711. The van der Waals surface area contributed by atoms with Crippen LogP contribution in [0.15, 0.2) is 35.7 Å². The van der Waals surface area contributed by atoms with Crippen molar-refractivity contribution >= 4 is 32.8 Å². The summed E-state index contributed by atoms with van der Waals surface area (Å²) in [7, 11) is 0. The van der Waals surface area contributed by atoms with E-state index >= 15 is 0 Å². The van der Waals surface area contributed by atoms with Crippen LogP contribution in [0.4, 0.5) is 0 Å². The monoisotopic (exact) mass is 316 g/mol. The van der Waals surface area contributed by atoms with Gasteiger partial charge in [-0.15, -0.1) is 22.7 Å². The van der Waals surface area contributed by atoms with E-state index in [2.05, 4.69) is 66.8 Å².